The van der Waals surface area contributed by atoms with Crippen molar-refractivity contribution >= 4 is 10.0 Å². The number of hydrogen-bond acceptors (Lipinski definition) is 4. The molecule has 0 saturated carbocycles. The summed E-state index contributed by atoms with van der Waals surface area (Å²) in [5.41, 5.74) is 6.29. The van der Waals surface area contributed by atoms with Crippen molar-refractivity contribution in [3.8, 4) is 0 Å². The molecule has 0 aromatic carbocycles. The highest BCUT2D eigenvalue weighted by Crippen LogP contribution is 2.14. The molecule has 1 heterocycles. The molecule has 0 bridgehead atoms. The summed E-state index contributed by atoms with van der Waals surface area (Å²) in [6, 6.07) is 3.23. The maximum atomic E-state index is 12.3. The van der Waals surface area contributed by atoms with E-state index in [1.54, 1.807) is 6.07 Å². The molecule has 18 heavy (non-hydrogen) atoms. The van der Waals surface area contributed by atoms with Gasteiger partial charge in [0.05, 0.1) is 0 Å². The molecule has 102 valence electrons. The minimum Gasteiger partial charge on any atom is -0.326 e. The van der Waals surface area contributed by atoms with Crippen LogP contribution in [0.2, 0.25) is 0 Å². The number of pyridine rings is 1. The van der Waals surface area contributed by atoms with Gasteiger partial charge in [0.15, 0.2) is 5.03 Å². The highest BCUT2D eigenvalue weighted by atomic mass is 32.2. The zero-order valence-electron chi connectivity index (χ0n) is 11.0. The van der Waals surface area contributed by atoms with E-state index in [1.165, 1.54) is 16.6 Å². The second-order valence-electron chi connectivity index (χ2n) is 4.11. The van der Waals surface area contributed by atoms with Crippen molar-refractivity contribution in [2.75, 3.05) is 13.1 Å². The van der Waals surface area contributed by atoms with E-state index in [2.05, 4.69) is 4.98 Å². The monoisotopic (exact) mass is 271 g/mol. The number of nitrogens with two attached hydrogens (primary N) is 1. The van der Waals surface area contributed by atoms with Gasteiger partial charge in [0, 0.05) is 25.8 Å². The third-order valence-corrected chi connectivity index (χ3v) is 4.40. The zero-order valence-corrected chi connectivity index (χ0v) is 11.8. The lowest BCUT2D eigenvalue weighted by Gasteiger charge is -2.20. The maximum Gasteiger partial charge on any atom is 0.260 e. The topological polar surface area (TPSA) is 76.3 Å². The molecule has 0 unspecified atom stereocenters. The Morgan fingerprint density at radius 3 is 2.22 bits per heavy atom. The van der Waals surface area contributed by atoms with Crippen LogP contribution in [-0.2, 0) is 16.6 Å². The van der Waals surface area contributed by atoms with Crippen molar-refractivity contribution in [1.29, 1.82) is 0 Å². The quantitative estimate of drug-likeness (QED) is 0.812. The van der Waals surface area contributed by atoms with Crippen molar-refractivity contribution in [3.05, 3.63) is 23.9 Å². The average molecular weight is 271 g/mol. The molecule has 0 atom stereocenters. The molecule has 0 aliphatic carbocycles. The summed E-state index contributed by atoms with van der Waals surface area (Å²) in [4.78, 5) is 4.00. The van der Waals surface area contributed by atoms with Crippen molar-refractivity contribution in [3.63, 3.8) is 0 Å². The van der Waals surface area contributed by atoms with E-state index in [-0.39, 0.29) is 5.03 Å². The molecular weight excluding hydrogens is 250 g/mol. The Labute approximate surface area is 109 Å². The van der Waals surface area contributed by atoms with E-state index in [0.29, 0.717) is 19.6 Å². The molecule has 2 N–H and O–H groups in total. The van der Waals surface area contributed by atoms with E-state index in [0.717, 1.165) is 18.4 Å². The van der Waals surface area contributed by atoms with Crippen molar-refractivity contribution in [2.45, 2.75) is 38.3 Å². The molecule has 5 nitrogen and oxygen atoms in total. The van der Waals surface area contributed by atoms with Gasteiger partial charge in [0.1, 0.15) is 0 Å². The van der Waals surface area contributed by atoms with Crippen LogP contribution >= 0.6 is 0 Å². The molecule has 0 fully saturated rings. The lowest BCUT2D eigenvalue weighted by atomic mass is 10.3. The summed E-state index contributed by atoms with van der Waals surface area (Å²) in [7, 11) is -3.47. The number of hydrogen-bond donors (Lipinski definition) is 1. The van der Waals surface area contributed by atoms with Gasteiger partial charge in [-0.05, 0) is 24.5 Å². The zero-order chi connectivity index (χ0) is 13.6. The predicted octanol–water partition coefficient (Wildman–Crippen LogP) is 1.35. The van der Waals surface area contributed by atoms with E-state index in [9.17, 15) is 8.42 Å². The Hall–Kier alpha value is -0.980. The fourth-order valence-electron chi connectivity index (χ4n) is 1.67. The Bertz CT molecular complexity index is 451. The molecule has 0 aliphatic heterocycles. The Morgan fingerprint density at radius 2 is 1.83 bits per heavy atom. The fourth-order valence-corrected chi connectivity index (χ4v) is 3.20. The second-order valence-corrected chi connectivity index (χ2v) is 6.00. The normalized spacial score (nSPS) is 12.0. The maximum absolute atomic E-state index is 12.3. The van der Waals surface area contributed by atoms with Crippen molar-refractivity contribution in [2.24, 2.45) is 5.73 Å². The third kappa shape index (κ3) is 3.51. The molecule has 1 aromatic heterocycles. The lowest BCUT2D eigenvalue weighted by Crippen LogP contribution is -2.33. The molecule has 1 aromatic rings. The molecule has 0 saturated heterocycles. The van der Waals surface area contributed by atoms with Gasteiger partial charge in [-0.1, -0.05) is 19.9 Å². The van der Waals surface area contributed by atoms with E-state index in [4.69, 9.17) is 5.73 Å². The van der Waals surface area contributed by atoms with Gasteiger partial charge in [-0.2, -0.15) is 4.31 Å². The number of aromatic nitrogens is 1. The largest absolute Gasteiger partial charge is 0.326 e. The SMILES string of the molecule is CCCN(CCC)S(=O)(=O)c1ccc(CN)cn1. The minimum absolute atomic E-state index is 0.0987. The molecular formula is C12H21N3O2S. The van der Waals surface area contributed by atoms with Crippen LogP contribution in [0.25, 0.3) is 0 Å². The molecule has 1 rings (SSSR count). The number of nitrogens with zero attached hydrogens (tertiary/aromatic N) is 2. The first-order valence-corrected chi connectivity index (χ1v) is 7.65. The highest BCUT2D eigenvalue weighted by Gasteiger charge is 2.24. The molecule has 0 aliphatic rings. The first-order valence-electron chi connectivity index (χ1n) is 6.21. The smallest absolute Gasteiger partial charge is 0.260 e. The number of rotatable bonds is 7. The van der Waals surface area contributed by atoms with Crippen LogP contribution in [0.4, 0.5) is 0 Å². The van der Waals surface area contributed by atoms with Crippen LogP contribution in [-0.4, -0.2) is 30.8 Å². The van der Waals surface area contributed by atoms with Crippen molar-refractivity contribution in [1.82, 2.24) is 9.29 Å². The molecule has 0 amide bonds. The summed E-state index contributed by atoms with van der Waals surface area (Å²) in [5.74, 6) is 0. The third-order valence-electron chi connectivity index (χ3n) is 2.58. The Kier molecular flexibility index (Phi) is 5.71. The summed E-state index contributed by atoms with van der Waals surface area (Å²) >= 11 is 0. The van der Waals surface area contributed by atoms with Crippen LogP contribution < -0.4 is 5.73 Å². The van der Waals surface area contributed by atoms with Gasteiger partial charge in [0.25, 0.3) is 10.0 Å². The summed E-state index contributed by atoms with van der Waals surface area (Å²) in [6.45, 7) is 5.33. The van der Waals surface area contributed by atoms with Crippen molar-refractivity contribution < 1.29 is 8.42 Å². The van der Waals surface area contributed by atoms with Gasteiger partial charge >= 0.3 is 0 Å². The van der Waals surface area contributed by atoms with Crippen LogP contribution in [0.1, 0.15) is 32.3 Å². The predicted molar refractivity (Wildman–Crippen MR) is 71.5 cm³/mol. The Balaban J connectivity index is 3.01. The lowest BCUT2D eigenvalue weighted by molar-refractivity contribution is 0.408. The van der Waals surface area contributed by atoms with Gasteiger partial charge in [-0.3, -0.25) is 0 Å². The average Bonchev–Trinajstić information content (AvgIpc) is 2.38. The standard InChI is InChI=1S/C12H21N3O2S/c1-3-7-15(8-4-2)18(16,17)12-6-5-11(9-13)10-14-12/h5-6,10H,3-4,7-9,13H2,1-2H3. The Morgan fingerprint density at radius 1 is 1.22 bits per heavy atom. The van der Waals surface area contributed by atoms with Gasteiger partial charge in [-0.25, -0.2) is 13.4 Å². The van der Waals surface area contributed by atoms with E-state index >= 15 is 0 Å². The van der Waals surface area contributed by atoms with Crippen LogP contribution in [0, 0.1) is 0 Å². The van der Waals surface area contributed by atoms with E-state index in [1.807, 2.05) is 13.8 Å². The highest BCUT2D eigenvalue weighted by molar-refractivity contribution is 7.89. The van der Waals surface area contributed by atoms with Gasteiger partial charge < -0.3 is 5.73 Å². The summed E-state index contributed by atoms with van der Waals surface area (Å²) < 4.78 is 26.2. The van der Waals surface area contributed by atoms with Crippen LogP contribution in [0.5, 0.6) is 0 Å². The number of sulfonamides is 1. The van der Waals surface area contributed by atoms with Crippen LogP contribution in [0.3, 0.4) is 0 Å². The molecule has 0 radical (unpaired) electrons. The summed E-state index contributed by atoms with van der Waals surface area (Å²) in [5, 5.41) is 0.0987. The van der Waals surface area contributed by atoms with E-state index < -0.39 is 10.0 Å². The first kappa shape index (κ1) is 15.1. The second kappa shape index (κ2) is 6.82. The fraction of sp³-hybridized carbons (Fsp3) is 0.583. The first-order chi connectivity index (χ1) is 8.56. The van der Waals surface area contributed by atoms with Gasteiger partial charge in [-0.15, -0.1) is 0 Å². The molecule has 0 spiro atoms. The molecule has 6 heteroatoms. The minimum atomic E-state index is -3.47. The van der Waals surface area contributed by atoms with Gasteiger partial charge in [0.2, 0.25) is 0 Å². The van der Waals surface area contributed by atoms with Crippen LogP contribution in [0.15, 0.2) is 23.4 Å². The summed E-state index contributed by atoms with van der Waals surface area (Å²) in [6.07, 6.45) is 3.10.